The summed E-state index contributed by atoms with van der Waals surface area (Å²) in [4.78, 5) is 28.5. The van der Waals surface area contributed by atoms with E-state index in [2.05, 4.69) is 24.8 Å². The Morgan fingerprint density at radius 3 is 2.48 bits per heavy atom. The van der Waals surface area contributed by atoms with Gasteiger partial charge in [-0.25, -0.2) is 0 Å². The van der Waals surface area contributed by atoms with Crippen molar-refractivity contribution in [3.05, 3.63) is 23.3 Å². The first-order valence-electron chi connectivity index (χ1n) is 11.3. The normalized spacial score (nSPS) is 39.7. The number of carbonyl (C=O) groups is 2. The summed E-state index contributed by atoms with van der Waals surface area (Å²) in [5.74, 6) is 0.397. The van der Waals surface area contributed by atoms with E-state index in [-0.39, 0.29) is 34.4 Å². The second-order valence-corrected chi connectivity index (χ2v) is 10.9. The van der Waals surface area contributed by atoms with Crippen molar-refractivity contribution < 1.29 is 9.59 Å². The zero-order valence-corrected chi connectivity index (χ0v) is 18.4. The summed E-state index contributed by atoms with van der Waals surface area (Å²) in [6.45, 7) is 11.5. The Labute approximate surface area is 175 Å². The second-order valence-electron chi connectivity index (χ2n) is 10.9. The molecular formula is C25H34N2O2. The molecule has 0 spiro atoms. The molecule has 0 aromatic heterocycles. The van der Waals surface area contributed by atoms with Gasteiger partial charge in [-0.15, -0.1) is 0 Å². The van der Waals surface area contributed by atoms with E-state index in [1.165, 1.54) is 19.3 Å². The lowest BCUT2D eigenvalue weighted by molar-refractivity contribution is -0.131. The first-order valence-corrected chi connectivity index (χ1v) is 11.3. The van der Waals surface area contributed by atoms with Crippen LogP contribution in [0.3, 0.4) is 0 Å². The van der Waals surface area contributed by atoms with E-state index in [9.17, 15) is 14.9 Å². The molecule has 3 aliphatic carbocycles. The monoisotopic (exact) mass is 394 g/mol. The minimum Gasteiger partial charge on any atom is -0.303 e. The van der Waals surface area contributed by atoms with Crippen LogP contribution in [0.2, 0.25) is 0 Å². The Hall–Kier alpha value is -1.73. The lowest BCUT2D eigenvalue weighted by Gasteiger charge is -2.58. The molecule has 4 aliphatic rings. The number of fused-ring (bicyclic) bond motifs is 3. The lowest BCUT2D eigenvalue weighted by Crippen LogP contribution is -2.54. The van der Waals surface area contributed by atoms with Gasteiger partial charge in [-0.05, 0) is 62.6 Å². The van der Waals surface area contributed by atoms with E-state index < -0.39 is 10.8 Å². The second kappa shape index (κ2) is 6.91. The molecule has 1 aliphatic heterocycles. The molecule has 0 N–H and O–H groups in total. The highest BCUT2D eigenvalue weighted by Gasteiger charge is 2.59. The van der Waals surface area contributed by atoms with Crippen LogP contribution in [0, 0.1) is 39.4 Å². The van der Waals surface area contributed by atoms with E-state index in [1.807, 2.05) is 26.0 Å². The molecule has 0 bridgehead atoms. The molecule has 4 heteroatoms. The molecule has 0 aromatic carbocycles. The predicted molar refractivity (Wildman–Crippen MR) is 113 cm³/mol. The van der Waals surface area contributed by atoms with Crippen LogP contribution in [-0.4, -0.2) is 36.1 Å². The van der Waals surface area contributed by atoms with Gasteiger partial charge in [0.2, 0.25) is 0 Å². The number of ketones is 2. The Morgan fingerprint density at radius 2 is 1.83 bits per heavy atom. The van der Waals surface area contributed by atoms with Gasteiger partial charge < -0.3 is 4.90 Å². The average molecular weight is 395 g/mol. The Morgan fingerprint density at radius 1 is 1.14 bits per heavy atom. The molecule has 4 rings (SSSR count). The number of rotatable bonds is 2. The Bertz CT molecular complexity index is 839. The Kier molecular flexibility index (Phi) is 4.89. The predicted octanol–water partition coefficient (Wildman–Crippen LogP) is 4.47. The van der Waals surface area contributed by atoms with Crippen LogP contribution in [0.15, 0.2) is 23.3 Å². The molecule has 156 valence electrons. The number of nitriles is 1. The molecule has 4 atom stereocenters. The highest BCUT2D eigenvalue weighted by Crippen LogP contribution is 2.64. The molecule has 0 amide bonds. The van der Waals surface area contributed by atoms with Gasteiger partial charge in [0.25, 0.3) is 0 Å². The molecule has 1 saturated carbocycles. The SMILES string of the molecule is CC1(C)C(=O)C(C#N)=CC2(C)C3=CC(=O)[C@H](CN4CCCCC4)C[C@]3(C)CC[C@@H]12. The van der Waals surface area contributed by atoms with Crippen LogP contribution in [-0.2, 0) is 9.59 Å². The number of hydrogen-bond acceptors (Lipinski definition) is 4. The highest BCUT2D eigenvalue weighted by molar-refractivity contribution is 6.04. The molecule has 1 unspecified atom stereocenters. The molecule has 4 nitrogen and oxygen atoms in total. The van der Waals surface area contributed by atoms with Crippen molar-refractivity contribution in [2.75, 3.05) is 19.6 Å². The lowest BCUT2D eigenvalue weighted by atomic mass is 9.44. The maximum Gasteiger partial charge on any atom is 0.178 e. The molecule has 1 heterocycles. The maximum atomic E-state index is 13.2. The summed E-state index contributed by atoms with van der Waals surface area (Å²) in [5, 5.41) is 9.60. The van der Waals surface area contributed by atoms with Crippen molar-refractivity contribution >= 4 is 11.6 Å². The molecule has 1 saturated heterocycles. The van der Waals surface area contributed by atoms with E-state index in [4.69, 9.17) is 0 Å². The number of likely N-dealkylation sites (tertiary alicyclic amines) is 1. The topological polar surface area (TPSA) is 61.2 Å². The highest BCUT2D eigenvalue weighted by atomic mass is 16.1. The van der Waals surface area contributed by atoms with E-state index in [0.29, 0.717) is 0 Å². The summed E-state index contributed by atoms with van der Waals surface area (Å²) in [6, 6.07) is 2.14. The van der Waals surface area contributed by atoms with Gasteiger partial charge in [0, 0.05) is 23.3 Å². The zero-order valence-electron chi connectivity index (χ0n) is 18.4. The van der Waals surface area contributed by atoms with Crippen LogP contribution in [0.5, 0.6) is 0 Å². The van der Waals surface area contributed by atoms with Crippen molar-refractivity contribution in [1.29, 1.82) is 5.26 Å². The number of carbonyl (C=O) groups excluding carboxylic acids is 2. The van der Waals surface area contributed by atoms with Gasteiger partial charge in [0.15, 0.2) is 11.6 Å². The summed E-state index contributed by atoms with van der Waals surface area (Å²) in [5.41, 5.74) is 0.412. The summed E-state index contributed by atoms with van der Waals surface area (Å²) < 4.78 is 0. The Balaban J connectivity index is 1.71. The smallest absolute Gasteiger partial charge is 0.178 e. The van der Waals surface area contributed by atoms with Crippen LogP contribution in [0.25, 0.3) is 0 Å². The first-order chi connectivity index (χ1) is 13.6. The van der Waals surface area contributed by atoms with Gasteiger partial charge in [0.1, 0.15) is 6.07 Å². The molecule has 2 fully saturated rings. The number of piperidine rings is 1. The quantitative estimate of drug-likeness (QED) is 0.693. The van der Waals surface area contributed by atoms with Crippen molar-refractivity contribution in [1.82, 2.24) is 4.90 Å². The summed E-state index contributed by atoms with van der Waals surface area (Å²) >= 11 is 0. The molecule has 0 radical (unpaired) electrons. The van der Waals surface area contributed by atoms with Gasteiger partial charge in [-0.3, -0.25) is 9.59 Å². The number of Topliss-reactive ketones (excluding diaryl/α,β-unsaturated/α-hetero) is 1. The third kappa shape index (κ3) is 3.13. The van der Waals surface area contributed by atoms with Crippen LogP contribution >= 0.6 is 0 Å². The fourth-order valence-corrected chi connectivity index (χ4v) is 7.03. The van der Waals surface area contributed by atoms with Crippen molar-refractivity contribution in [3.63, 3.8) is 0 Å². The number of nitrogens with zero attached hydrogens (tertiary/aromatic N) is 2. The maximum absolute atomic E-state index is 13.2. The van der Waals surface area contributed by atoms with Gasteiger partial charge in [-0.2, -0.15) is 5.26 Å². The largest absolute Gasteiger partial charge is 0.303 e. The minimum absolute atomic E-state index is 0.0346. The van der Waals surface area contributed by atoms with Gasteiger partial charge in [-0.1, -0.05) is 45.8 Å². The summed E-state index contributed by atoms with van der Waals surface area (Å²) in [7, 11) is 0. The van der Waals surface area contributed by atoms with E-state index >= 15 is 0 Å². The fourth-order valence-electron chi connectivity index (χ4n) is 7.03. The standard InChI is InChI=1S/C25H34N2O2/c1-23(2)20-8-9-24(3)13-18(16-27-10-6-5-7-11-27)19(28)12-21(24)25(20,4)14-17(15-26)22(23)29/h12,14,18,20H,5-11,13,16H2,1-4H3/t18-,20-,24-,25?/m0/s1. The van der Waals surface area contributed by atoms with Crippen molar-refractivity contribution in [3.8, 4) is 6.07 Å². The molecular weight excluding hydrogens is 360 g/mol. The summed E-state index contributed by atoms with van der Waals surface area (Å²) in [6.07, 6.45) is 10.5. The van der Waals surface area contributed by atoms with Crippen LogP contribution in [0.1, 0.15) is 66.2 Å². The fraction of sp³-hybridized carbons (Fsp3) is 0.720. The minimum atomic E-state index is -0.579. The third-order valence-corrected chi connectivity index (χ3v) is 8.52. The van der Waals surface area contributed by atoms with Gasteiger partial charge >= 0.3 is 0 Å². The van der Waals surface area contributed by atoms with E-state index in [0.717, 1.165) is 44.5 Å². The molecule has 29 heavy (non-hydrogen) atoms. The van der Waals surface area contributed by atoms with Crippen molar-refractivity contribution in [2.45, 2.75) is 66.2 Å². The zero-order chi connectivity index (χ0) is 21.0. The first kappa shape index (κ1) is 20.5. The molecule has 0 aromatic rings. The van der Waals surface area contributed by atoms with Crippen LogP contribution < -0.4 is 0 Å². The number of allylic oxidation sites excluding steroid dienone is 4. The van der Waals surface area contributed by atoms with Crippen LogP contribution in [0.4, 0.5) is 0 Å². The average Bonchev–Trinajstić information content (AvgIpc) is 2.67. The number of hydrogen-bond donors (Lipinski definition) is 0. The van der Waals surface area contributed by atoms with E-state index in [1.54, 1.807) is 0 Å². The van der Waals surface area contributed by atoms with Crippen molar-refractivity contribution in [2.24, 2.45) is 28.1 Å². The van der Waals surface area contributed by atoms with Gasteiger partial charge in [0.05, 0.1) is 5.57 Å². The third-order valence-electron chi connectivity index (χ3n) is 8.52.